The number of benzene rings is 2. The van der Waals surface area contributed by atoms with Crippen LogP contribution in [0, 0.1) is 0 Å². The zero-order valence-electron chi connectivity index (χ0n) is 11.5. The second kappa shape index (κ2) is 5.40. The first kappa shape index (κ1) is 13.4. The molecule has 4 heteroatoms. The fourth-order valence-electron chi connectivity index (χ4n) is 2.07. The Kier molecular flexibility index (Phi) is 3.44. The molecule has 1 fully saturated rings. The minimum Gasteiger partial charge on any atom is -0.399 e. The molecule has 0 unspecified atom stereocenters. The van der Waals surface area contributed by atoms with Gasteiger partial charge in [-0.25, -0.2) is 0 Å². The van der Waals surface area contributed by atoms with Crippen LogP contribution in [-0.2, 0) is 0 Å². The van der Waals surface area contributed by atoms with Crippen molar-refractivity contribution >= 4 is 17.4 Å². The van der Waals surface area contributed by atoms with Gasteiger partial charge < -0.3 is 11.1 Å². The molecule has 1 aliphatic carbocycles. The van der Waals surface area contributed by atoms with E-state index in [2.05, 4.69) is 5.32 Å². The molecular weight excluding hydrogens is 264 g/mol. The fraction of sp³-hybridized carbons (Fsp3) is 0.176. The summed E-state index contributed by atoms with van der Waals surface area (Å²) in [4.78, 5) is 24.2. The summed E-state index contributed by atoms with van der Waals surface area (Å²) in [5, 5.41) is 2.92. The van der Waals surface area contributed by atoms with Crippen LogP contribution in [0.1, 0.15) is 39.1 Å². The molecule has 0 saturated heterocycles. The van der Waals surface area contributed by atoms with Crippen molar-refractivity contribution in [2.45, 2.75) is 18.9 Å². The molecule has 0 aliphatic heterocycles. The Balaban J connectivity index is 1.75. The lowest BCUT2D eigenvalue weighted by Crippen LogP contribution is -2.25. The fourth-order valence-corrected chi connectivity index (χ4v) is 2.07. The van der Waals surface area contributed by atoms with Crippen molar-refractivity contribution < 1.29 is 9.59 Å². The van der Waals surface area contributed by atoms with E-state index in [9.17, 15) is 9.59 Å². The van der Waals surface area contributed by atoms with Gasteiger partial charge in [0.05, 0.1) is 0 Å². The average Bonchev–Trinajstić information content (AvgIpc) is 3.31. The standard InChI is InChI=1S/C17H16N2O2/c18-14-7-5-12(6-8-14)16(20)11-1-3-13(4-2-11)17(21)19-15-9-10-15/h1-8,15H,9-10,18H2,(H,19,21). The van der Waals surface area contributed by atoms with Crippen molar-refractivity contribution in [3.05, 3.63) is 65.2 Å². The van der Waals surface area contributed by atoms with E-state index in [1.807, 2.05) is 0 Å². The molecule has 0 heterocycles. The summed E-state index contributed by atoms with van der Waals surface area (Å²) in [5.41, 5.74) is 7.95. The lowest BCUT2D eigenvalue weighted by molar-refractivity contribution is 0.0949. The molecule has 106 valence electrons. The maximum atomic E-state index is 12.3. The maximum absolute atomic E-state index is 12.3. The first-order valence-electron chi connectivity index (χ1n) is 6.94. The summed E-state index contributed by atoms with van der Waals surface area (Å²) in [5.74, 6) is -0.159. The highest BCUT2D eigenvalue weighted by molar-refractivity contribution is 6.09. The van der Waals surface area contributed by atoms with Crippen LogP contribution in [0.5, 0.6) is 0 Å². The number of carbonyl (C=O) groups excluding carboxylic acids is 2. The Hall–Kier alpha value is -2.62. The predicted octanol–water partition coefficient (Wildman–Crippen LogP) is 2.39. The van der Waals surface area contributed by atoms with Gasteiger partial charge in [0.25, 0.3) is 5.91 Å². The van der Waals surface area contributed by atoms with Gasteiger partial charge >= 0.3 is 0 Å². The molecule has 2 aromatic rings. The summed E-state index contributed by atoms with van der Waals surface area (Å²) in [6.45, 7) is 0. The first-order chi connectivity index (χ1) is 10.1. The van der Waals surface area contributed by atoms with E-state index < -0.39 is 0 Å². The molecule has 3 N–H and O–H groups in total. The molecule has 0 atom stereocenters. The number of carbonyl (C=O) groups is 2. The number of hydrogen-bond acceptors (Lipinski definition) is 3. The average molecular weight is 280 g/mol. The summed E-state index contributed by atoms with van der Waals surface area (Å²) in [6, 6.07) is 13.9. The van der Waals surface area contributed by atoms with Gasteiger partial charge in [0.1, 0.15) is 0 Å². The van der Waals surface area contributed by atoms with Gasteiger partial charge in [-0.15, -0.1) is 0 Å². The zero-order valence-corrected chi connectivity index (χ0v) is 11.5. The number of amides is 1. The van der Waals surface area contributed by atoms with Gasteiger partial charge in [-0.05, 0) is 49.2 Å². The number of nitrogen functional groups attached to an aromatic ring is 1. The van der Waals surface area contributed by atoms with Crippen LogP contribution < -0.4 is 11.1 Å². The summed E-state index contributed by atoms with van der Waals surface area (Å²) in [7, 11) is 0. The zero-order chi connectivity index (χ0) is 14.8. The van der Waals surface area contributed by atoms with Crippen molar-refractivity contribution in [3.8, 4) is 0 Å². The number of nitrogens with two attached hydrogens (primary N) is 1. The normalized spacial score (nSPS) is 13.7. The highest BCUT2D eigenvalue weighted by Gasteiger charge is 2.23. The third-order valence-corrected chi connectivity index (χ3v) is 3.49. The van der Waals surface area contributed by atoms with Crippen LogP contribution in [-0.4, -0.2) is 17.7 Å². The van der Waals surface area contributed by atoms with Crippen molar-refractivity contribution in [2.24, 2.45) is 0 Å². The second-order valence-corrected chi connectivity index (χ2v) is 5.28. The van der Waals surface area contributed by atoms with Crippen molar-refractivity contribution in [1.82, 2.24) is 5.32 Å². The van der Waals surface area contributed by atoms with Crippen molar-refractivity contribution in [2.75, 3.05) is 5.73 Å². The van der Waals surface area contributed by atoms with Crippen LogP contribution >= 0.6 is 0 Å². The highest BCUT2D eigenvalue weighted by atomic mass is 16.1. The third kappa shape index (κ3) is 3.11. The molecule has 21 heavy (non-hydrogen) atoms. The minimum atomic E-state index is -0.0796. The molecule has 4 nitrogen and oxygen atoms in total. The minimum absolute atomic E-state index is 0.0795. The van der Waals surface area contributed by atoms with E-state index in [1.165, 1.54) is 0 Å². The molecule has 2 aromatic carbocycles. The van der Waals surface area contributed by atoms with Gasteiger partial charge in [-0.3, -0.25) is 9.59 Å². The molecule has 0 spiro atoms. The molecule has 1 aliphatic rings. The number of nitrogens with one attached hydrogen (secondary N) is 1. The van der Waals surface area contributed by atoms with E-state index in [4.69, 9.17) is 5.73 Å². The molecular formula is C17H16N2O2. The number of anilines is 1. The monoisotopic (exact) mass is 280 g/mol. The van der Waals surface area contributed by atoms with E-state index >= 15 is 0 Å². The van der Waals surface area contributed by atoms with E-state index in [0.29, 0.717) is 28.4 Å². The Morgan fingerprint density at radius 1 is 0.857 bits per heavy atom. The van der Waals surface area contributed by atoms with Crippen LogP contribution in [0.25, 0.3) is 0 Å². The Bertz CT molecular complexity index is 671. The SMILES string of the molecule is Nc1ccc(C(=O)c2ccc(C(=O)NC3CC3)cc2)cc1. The van der Waals surface area contributed by atoms with Crippen LogP contribution in [0.4, 0.5) is 5.69 Å². The Labute approximate surface area is 123 Å². The van der Waals surface area contributed by atoms with Crippen LogP contribution in [0.15, 0.2) is 48.5 Å². The topological polar surface area (TPSA) is 72.2 Å². The van der Waals surface area contributed by atoms with Crippen molar-refractivity contribution in [1.29, 1.82) is 0 Å². The molecule has 0 radical (unpaired) electrons. The second-order valence-electron chi connectivity index (χ2n) is 5.28. The first-order valence-corrected chi connectivity index (χ1v) is 6.94. The van der Waals surface area contributed by atoms with Gasteiger partial charge in [0, 0.05) is 28.4 Å². The van der Waals surface area contributed by atoms with Crippen LogP contribution in [0.3, 0.4) is 0 Å². The molecule has 1 saturated carbocycles. The highest BCUT2D eigenvalue weighted by Crippen LogP contribution is 2.19. The summed E-state index contributed by atoms with van der Waals surface area (Å²) >= 11 is 0. The number of ketones is 1. The van der Waals surface area contributed by atoms with Gasteiger partial charge in [0.15, 0.2) is 5.78 Å². The number of rotatable bonds is 4. The van der Waals surface area contributed by atoms with Gasteiger partial charge in [-0.1, -0.05) is 12.1 Å². The van der Waals surface area contributed by atoms with Crippen molar-refractivity contribution in [3.63, 3.8) is 0 Å². The lowest BCUT2D eigenvalue weighted by atomic mass is 10.0. The molecule has 1 amide bonds. The van der Waals surface area contributed by atoms with E-state index in [1.54, 1.807) is 48.5 Å². The Morgan fingerprint density at radius 3 is 1.86 bits per heavy atom. The smallest absolute Gasteiger partial charge is 0.251 e. The quantitative estimate of drug-likeness (QED) is 0.667. The maximum Gasteiger partial charge on any atom is 0.251 e. The molecule has 0 aromatic heterocycles. The predicted molar refractivity (Wildman–Crippen MR) is 81.2 cm³/mol. The molecule has 0 bridgehead atoms. The van der Waals surface area contributed by atoms with Gasteiger partial charge in [-0.2, -0.15) is 0 Å². The molecule has 3 rings (SSSR count). The van der Waals surface area contributed by atoms with E-state index in [0.717, 1.165) is 12.8 Å². The largest absolute Gasteiger partial charge is 0.399 e. The third-order valence-electron chi connectivity index (χ3n) is 3.49. The van der Waals surface area contributed by atoms with E-state index in [-0.39, 0.29) is 11.7 Å². The van der Waals surface area contributed by atoms with Crippen LogP contribution in [0.2, 0.25) is 0 Å². The lowest BCUT2D eigenvalue weighted by Gasteiger charge is -2.05. The number of hydrogen-bond donors (Lipinski definition) is 2. The summed E-state index contributed by atoms with van der Waals surface area (Å²) < 4.78 is 0. The van der Waals surface area contributed by atoms with Gasteiger partial charge in [0.2, 0.25) is 0 Å². The Morgan fingerprint density at radius 2 is 1.33 bits per heavy atom. The summed E-state index contributed by atoms with van der Waals surface area (Å²) in [6.07, 6.45) is 2.11.